The summed E-state index contributed by atoms with van der Waals surface area (Å²) in [4.78, 5) is 31.7. The minimum absolute atomic E-state index is 0.0614. The van der Waals surface area contributed by atoms with E-state index in [-0.39, 0.29) is 11.1 Å². The highest BCUT2D eigenvalue weighted by Crippen LogP contribution is 1.96. The molecule has 17 heavy (non-hydrogen) atoms. The van der Waals surface area contributed by atoms with E-state index in [1.807, 2.05) is 0 Å². The molecule has 0 saturated heterocycles. The van der Waals surface area contributed by atoms with Crippen LogP contribution in [-0.2, 0) is 19.1 Å². The second-order valence-corrected chi connectivity index (χ2v) is 3.06. The van der Waals surface area contributed by atoms with Gasteiger partial charge in [-0.2, -0.15) is 0 Å². The van der Waals surface area contributed by atoms with Gasteiger partial charge in [-0.1, -0.05) is 12.2 Å². The molecule has 0 rings (SSSR count). The highest BCUT2D eigenvalue weighted by molar-refractivity contribution is 5.88. The summed E-state index contributed by atoms with van der Waals surface area (Å²) in [6, 6.07) is 0. The lowest BCUT2D eigenvalue weighted by molar-refractivity contribution is -0.134. The van der Waals surface area contributed by atoms with Gasteiger partial charge in [-0.15, -0.1) is 0 Å². The summed E-state index contributed by atoms with van der Waals surface area (Å²) in [5.74, 6) is -3.08. The molecule has 0 bridgehead atoms. The number of hydrogen-bond acceptors (Lipinski definition) is 4. The predicted octanol–water partition coefficient (Wildman–Crippen LogP) is 1.11. The molecule has 6 heteroatoms. The number of carbonyl (C=O) groups is 3. The van der Waals surface area contributed by atoms with Crippen molar-refractivity contribution in [3.8, 4) is 0 Å². The molecule has 92 valence electrons. The topological polar surface area (TPSA) is 101 Å². The lowest BCUT2D eigenvalue weighted by Gasteiger charge is -1.94. The molecule has 0 aliphatic carbocycles. The zero-order chi connectivity index (χ0) is 13.4. The van der Waals surface area contributed by atoms with Gasteiger partial charge in [-0.05, 0) is 13.8 Å². The van der Waals surface area contributed by atoms with E-state index in [1.54, 1.807) is 0 Å². The van der Waals surface area contributed by atoms with Crippen molar-refractivity contribution in [3.63, 3.8) is 0 Å². The second kappa shape index (κ2) is 7.00. The Morgan fingerprint density at radius 1 is 1.00 bits per heavy atom. The molecule has 0 spiro atoms. The van der Waals surface area contributed by atoms with Crippen LogP contribution in [0.3, 0.4) is 0 Å². The van der Waals surface area contributed by atoms with E-state index in [2.05, 4.69) is 4.74 Å². The van der Waals surface area contributed by atoms with Crippen molar-refractivity contribution >= 4 is 17.9 Å². The van der Waals surface area contributed by atoms with E-state index in [9.17, 15) is 14.4 Å². The zero-order valence-corrected chi connectivity index (χ0v) is 9.34. The molecule has 0 aliphatic rings. The van der Waals surface area contributed by atoms with Crippen LogP contribution in [0.15, 0.2) is 35.6 Å². The first-order valence-electron chi connectivity index (χ1n) is 4.53. The number of hydrogen-bond donors (Lipinski definition) is 2. The van der Waals surface area contributed by atoms with Crippen molar-refractivity contribution in [2.45, 2.75) is 13.8 Å². The Balaban J connectivity index is 4.34. The lowest BCUT2D eigenvalue weighted by atomic mass is 10.3. The molecule has 2 N–H and O–H groups in total. The minimum atomic E-state index is -1.19. The molecule has 0 aromatic rings. The fraction of sp³-hybridized carbons (Fsp3) is 0.182. The predicted molar refractivity (Wildman–Crippen MR) is 58.0 cm³/mol. The van der Waals surface area contributed by atoms with Gasteiger partial charge >= 0.3 is 17.9 Å². The third kappa shape index (κ3) is 6.67. The van der Waals surface area contributed by atoms with E-state index >= 15 is 0 Å². The Bertz CT molecular complexity index is 414. The molecule has 6 nitrogen and oxygen atoms in total. The van der Waals surface area contributed by atoms with E-state index in [4.69, 9.17) is 10.2 Å². The molecule has 0 aromatic carbocycles. The quantitative estimate of drug-likeness (QED) is 0.323. The van der Waals surface area contributed by atoms with Gasteiger partial charge in [0.2, 0.25) is 0 Å². The number of carbonyl (C=O) groups excluding carboxylic acids is 1. The van der Waals surface area contributed by atoms with Gasteiger partial charge in [0.1, 0.15) is 6.26 Å². The van der Waals surface area contributed by atoms with Gasteiger partial charge in [-0.25, -0.2) is 14.4 Å². The van der Waals surface area contributed by atoms with Crippen LogP contribution in [0.2, 0.25) is 0 Å². The molecule has 0 atom stereocenters. The summed E-state index contributed by atoms with van der Waals surface area (Å²) in [6.07, 6.45) is 4.22. The highest BCUT2D eigenvalue weighted by Gasteiger charge is 2.01. The number of allylic oxidation sites excluding steroid dienone is 2. The van der Waals surface area contributed by atoms with Crippen molar-refractivity contribution in [1.29, 1.82) is 0 Å². The summed E-state index contributed by atoms with van der Waals surface area (Å²) >= 11 is 0. The van der Waals surface area contributed by atoms with Gasteiger partial charge in [0.25, 0.3) is 0 Å². The molecule has 0 unspecified atom stereocenters. The van der Waals surface area contributed by atoms with Crippen LogP contribution < -0.4 is 0 Å². The second-order valence-electron chi connectivity index (χ2n) is 3.06. The average Bonchev–Trinajstić information content (AvgIpc) is 2.25. The maximum Gasteiger partial charge on any atom is 0.335 e. The minimum Gasteiger partial charge on any atom is -0.478 e. The molecule has 0 fully saturated rings. The van der Waals surface area contributed by atoms with Crippen LogP contribution in [0.5, 0.6) is 0 Å². The van der Waals surface area contributed by atoms with E-state index in [0.717, 1.165) is 12.3 Å². The first-order chi connectivity index (χ1) is 7.84. The number of esters is 1. The average molecular weight is 240 g/mol. The van der Waals surface area contributed by atoms with Crippen molar-refractivity contribution < 1.29 is 29.3 Å². The van der Waals surface area contributed by atoms with Crippen molar-refractivity contribution in [3.05, 3.63) is 35.6 Å². The number of aliphatic carboxylic acids is 2. The first-order valence-corrected chi connectivity index (χ1v) is 4.53. The molecule has 0 aliphatic heterocycles. The molecule has 0 saturated carbocycles. The maximum absolute atomic E-state index is 11.0. The van der Waals surface area contributed by atoms with E-state index < -0.39 is 17.9 Å². The SMILES string of the molecule is CC(=CC=CC(=O)OC=C(C)C(=O)O)C(=O)O. The smallest absolute Gasteiger partial charge is 0.335 e. The molecular weight excluding hydrogens is 228 g/mol. The summed E-state index contributed by atoms with van der Waals surface area (Å²) in [5.41, 5.74) is -0.0599. The van der Waals surface area contributed by atoms with Gasteiger partial charge in [0, 0.05) is 11.6 Å². The largest absolute Gasteiger partial charge is 0.478 e. The van der Waals surface area contributed by atoms with Crippen LogP contribution in [0, 0.1) is 0 Å². The maximum atomic E-state index is 11.0. The van der Waals surface area contributed by atoms with Crippen LogP contribution in [0.1, 0.15) is 13.8 Å². The first kappa shape index (κ1) is 14.6. The zero-order valence-electron chi connectivity index (χ0n) is 9.34. The van der Waals surface area contributed by atoms with Crippen LogP contribution >= 0.6 is 0 Å². The van der Waals surface area contributed by atoms with Crippen molar-refractivity contribution in [2.24, 2.45) is 0 Å². The monoisotopic (exact) mass is 240 g/mol. The van der Waals surface area contributed by atoms with E-state index in [1.165, 1.54) is 26.0 Å². The third-order valence-electron chi connectivity index (χ3n) is 1.61. The Morgan fingerprint density at radius 2 is 1.53 bits per heavy atom. The fourth-order valence-corrected chi connectivity index (χ4v) is 0.578. The van der Waals surface area contributed by atoms with Gasteiger partial charge < -0.3 is 14.9 Å². The Morgan fingerprint density at radius 3 is 2.00 bits per heavy atom. The molecule has 0 amide bonds. The molecule has 0 heterocycles. The molecule has 0 radical (unpaired) electrons. The van der Waals surface area contributed by atoms with E-state index in [0.29, 0.717) is 0 Å². The number of carboxylic acids is 2. The third-order valence-corrected chi connectivity index (χ3v) is 1.61. The molecular formula is C11H12O6. The van der Waals surface area contributed by atoms with Gasteiger partial charge in [0.15, 0.2) is 0 Å². The van der Waals surface area contributed by atoms with Crippen LogP contribution in [0.25, 0.3) is 0 Å². The van der Waals surface area contributed by atoms with Crippen molar-refractivity contribution in [1.82, 2.24) is 0 Å². The Kier molecular flexibility index (Phi) is 6.02. The Labute approximate surface area is 97.5 Å². The normalized spacial score (nSPS) is 12.6. The van der Waals surface area contributed by atoms with Crippen molar-refractivity contribution in [2.75, 3.05) is 0 Å². The Hall–Kier alpha value is -2.37. The number of carboxylic acid groups (broad SMARTS) is 2. The van der Waals surface area contributed by atoms with Crippen LogP contribution in [-0.4, -0.2) is 28.1 Å². The van der Waals surface area contributed by atoms with Gasteiger partial charge in [0.05, 0.1) is 5.57 Å². The summed E-state index contributed by atoms with van der Waals surface area (Å²) in [6.45, 7) is 2.64. The highest BCUT2D eigenvalue weighted by atomic mass is 16.5. The summed E-state index contributed by atoms with van der Waals surface area (Å²) in [7, 11) is 0. The van der Waals surface area contributed by atoms with Crippen LogP contribution in [0.4, 0.5) is 0 Å². The number of rotatable bonds is 5. The standard InChI is InChI=1S/C11H12O6/c1-7(10(13)14)4-3-5-9(12)17-6-8(2)11(15)16/h3-6H,1-2H3,(H,13,14)(H,15,16). The summed E-state index contributed by atoms with van der Waals surface area (Å²) < 4.78 is 4.46. The molecule has 0 aromatic heterocycles. The lowest BCUT2D eigenvalue weighted by Crippen LogP contribution is -2.00. The summed E-state index contributed by atoms with van der Waals surface area (Å²) in [5, 5.41) is 16.9. The van der Waals surface area contributed by atoms with Gasteiger partial charge in [-0.3, -0.25) is 0 Å². The fourth-order valence-electron chi connectivity index (χ4n) is 0.578. The number of ether oxygens (including phenoxy) is 1.